The van der Waals surface area contributed by atoms with E-state index in [1.165, 1.54) is 0 Å². The van der Waals surface area contributed by atoms with E-state index in [-0.39, 0.29) is 19.1 Å². The monoisotopic (exact) mass is 404 g/mol. The van der Waals surface area contributed by atoms with Gasteiger partial charge in [0.2, 0.25) is 5.91 Å². The molecule has 0 aliphatic rings. The van der Waals surface area contributed by atoms with Crippen LogP contribution in [0.25, 0.3) is 0 Å². The molecule has 9 heteroatoms. The Morgan fingerprint density at radius 1 is 0.893 bits per heavy atom. The first-order valence-corrected chi connectivity index (χ1v) is 10.2. The second-order valence-electron chi connectivity index (χ2n) is 6.71. The third-order valence-corrected chi connectivity index (χ3v) is 3.78. The number of likely N-dealkylation sites (N-methyl/N-ethyl adjacent to an activating group) is 1. The molecule has 9 nitrogen and oxygen atoms in total. The smallest absolute Gasteiger partial charge is 0.407 e. The van der Waals surface area contributed by atoms with Crippen molar-refractivity contribution in [2.24, 2.45) is 5.92 Å². The molecule has 3 N–H and O–H groups in total. The fourth-order valence-electron chi connectivity index (χ4n) is 2.19. The molecule has 0 saturated carbocycles. The zero-order valence-electron chi connectivity index (χ0n) is 18.1. The van der Waals surface area contributed by atoms with Crippen LogP contribution >= 0.6 is 0 Å². The molecular formula is C19H40N4O5. The van der Waals surface area contributed by atoms with E-state index < -0.39 is 6.09 Å². The van der Waals surface area contributed by atoms with Crippen LogP contribution in [0.4, 0.5) is 4.79 Å². The summed E-state index contributed by atoms with van der Waals surface area (Å²) in [5.74, 6) is 0.336. The Morgan fingerprint density at radius 2 is 1.61 bits per heavy atom. The van der Waals surface area contributed by atoms with Gasteiger partial charge in [0.05, 0.1) is 13.2 Å². The van der Waals surface area contributed by atoms with E-state index in [1.807, 2.05) is 0 Å². The Hall–Kier alpha value is -1.42. The lowest BCUT2D eigenvalue weighted by atomic mass is 10.2. The van der Waals surface area contributed by atoms with Gasteiger partial charge < -0.3 is 35.1 Å². The van der Waals surface area contributed by atoms with Gasteiger partial charge in [-0.3, -0.25) is 4.79 Å². The minimum absolute atomic E-state index is 0.0296. The van der Waals surface area contributed by atoms with Gasteiger partial charge in [-0.1, -0.05) is 27.7 Å². The lowest BCUT2D eigenvalue weighted by Gasteiger charge is -2.17. The number of ether oxygens (including phenoxy) is 3. The molecule has 0 saturated heterocycles. The third kappa shape index (κ3) is 18.0. The Labute approximate surface area is 169 Å². The van der Waals surface area contributed by atoms with Gasteiger partial charge in [-0.2, -0.15) is 0 Å². The van der Waals surface area contributed by atoms with Crippen LogP contribution < -0.4 is 16.0 Å². The van der Waals surface area contributed by atoms with E-state index in [2.05, 4.69) is 48.5 Å². The summed E-state index contributed by atoms with van der Waals surface area (Å²) in [5.41, 5.74) is 0. The number of hydrogen-bond donors (Lipinski definition) is 3. The van der Waals surface area contributed by atoms with Crippen LogP contribution in [0.3, 0.4) is 0 Å². The molecule has 0 aliphatic carbocycles. The maximum atomic E-state index is 11.6. The van der Waals surface area contributed by atoms with Gasteiger partial charge in [0.25, 0.3) is 0 Å². The normalized spacial score (nSPS) is 11.1. The Bertz CT molecular complexity index is 393. The van der Waals surface area contributed by atoms with E-state index in [1.54, 1.807) is 0 Å². The number of hydrogen-bond acceptors (Lipinski definition) is 7. The van der Waals surface area contributed by atoms with Crippen LogP contribution in [0, 0.1) is 5.92 Å². The van der Waals surface area contributed by atoms with Crippen molar-refractivity contribution in [3.63, 3.8) is 0 Å². The van der Waals surface area contributed by atoms with Crippen LogP contribution in [-0.4, -0.2) is 95.7 Å². The number of alkyl carbamates (subject to hydrolysis) is 1. The molecule has 0 radical (unpaired) electrons. The lowest BCUT2D eigenvalue weighted by Crippen LogP contribution is -2.37. The summed E-state index contributed by atoms with van der Waals surface area (Å²) in [6.45, 7) is 15.2. The molecule has 0 aromatic carbocycles. The molecule has 0 rings (SSSR count). The summed E-state index contributed by atoms with van der Waals surface area (Å²) in [6, 6.07) is 0. The Kier molecular flexibility index (Phi) is 18.0. The summed E-state index contributed by atoms with van der Waals surface area (Å²) in [7, 11) is 0. The molecule has 0 aromatic rings. The molecule has 166 valence electrons. The first kappa shape index (κ1) is 26.6. The quantitative estimate of drug-likeness (QED) is 0.285. The van der Waals surface area contributed by atoms with Gasteiger partial charge in [-0.05, 0) is 19.0 Å². The third-order valence-electron chi connectivity index (χ3n) is 3.78. The standard InChI is InChI=1S/C19H40N4O5/c1-5-23(6-2)11-9-22-19(25)28-12-10-20-7-8-21-18(24)16-27-14-13-26-15-17(3)4/h17,20H,5-16H2,1-4H3,(H,21,24)(H,22,25). The van der Waals surface area contributed by atoms with Crippen molar-refractivity contribution in [1.29, 1.82) is 0 Å². The van der Waals surface area contributed by atoms with E-state index >= 15 is 0 Å². The van der Waals surface area contributed by atoms with Gasteiger partial charge in [-0.15, -0.1) is 0 Å². The van der Waals surface area contributed by atoms with Gasteiger partial charge in [0.15, 0.2) is 0 Å². The summed E-state index contributed by atoms with van der Waals surface area (Å²) >= 11 is 0. The van der Waals surface area contributed by atoms with E-state index in [0.717, 1.165) is 19.6 Å². The molecular weight excluding hydrogens is 364 g/mol. The zero-order valence-corrected chi connectivity index (χ0v) is 18.1. The molecule has 0 spiro atoms. The highest BCUT2D eigenvalue weighted by Crippen LogP contribution is 1.91. The maximum Gasteiger partial charge on any atom is 0.407 e. The maximum absolute atomic E-state index is 11.6. The minimum atomic E-state index is -0.406. The first-order valence-electron chi connectivity index (χ1n) is 10.2. The lowest BCUT2D eigenvalue weighted by molar-refractivity contribution is -0.126. The van der Waals surface area contributed by atoms with Crippen molar-refractivity contribution in [2.75, 3.05) is 78.8 Å². The van der Waals surface area contributed by atoms with Gasteiger partial charge in [-0.25, -0.2) is 4.79 Å². The van der Waals surface area contributed by atoms with Crippen LogP contribution in [0.5, 0.6) is 0 Å². The fourth-order valence-corrected chi connectivity index (χ4v) is 2.19. The van der Waals surface area contributed by atoms with E-state index in [0.29, 0.717) is 51.9 Å². The molecule has 0 aromatic heterocycles. The highest BCUT2D eigenvalue weighted by Gasteiger charge is 2.04. The summed E-state index contributed by atoms with van der Waals surface area (Å²) in [5, 5.41) is 8.57. The van der Waals surface area contributed by atoms with Crippen LogP contribution in [0.2, 0.25) is 0 Å². The number of nitrogens with zero attached hydrogens (tertiary/aromatic N) is 1. The van der Waals surface area contributed by atoms with Crippen LogP contribution in [0.15, 0.2) is 0 Å². The second kappa shape index (κ2) is 18.9. The van der Waals surface area contributed by atoms with Crippen molar-refractivity contribution in [3.8, 4) is 0 Å². The summed E-state index contributed by atoms with van der Waals surface area (Å²) in [4.78, 5) is 25.3. The predicted octanol–water partition coefficient (Wildman–Crippen LogP) is 0.449. The molecule has 0 aliphatic heterocycles. The van der Waals surface area contributed by atoms with Crippen molar-refractivity contribution in [3.05, 3.63) is 0 Å². The fraction of sp³-hybridized carbons (Fsp3) is 0.895. The molecule has 0 fully saturated rings. The molecule has 0 heterocycles. The van der Waals surface area contributed by atoms with Crippen molar-refractivity contribution in [1.82, 2.24) is 20.9 Å². The van der Waals surface area contributed by atoms with Crippen LogP contribution in [0.1, 0.15) is 27.7 Å². The highest BCUT2D eigenvalue weighted by atomic mass is 16.5. The van der Waals surface area contributed by atoms with Gasteiger partial charge in [0, 0.05) is 39.3 Å². The van der Waals surface area contributed by atoms with E-state index in [4.69, 9.17) is 14.2 Å². The average Bonchev–Trinajstić information content (AvgIpc) is 2.67. The average molecular weight is 405 g/mol. The van der Waals surface area contributed by atoms with Gasteiger partial charge >= 0.3 is 6.09 Å². The van der Waals surface area contributed by atoms with Crippen molar-refractivity contribution < 1.29 is 23.8 Å². The van der Waals surface area contributed by atoms with Gasteiger partial charge in [0.1, 0.15) is 13.2 Å². The molecule has 0 unspecified atom stereocenters. The molecule has 0 atom stereocenters. The van der Waals surface area contributed by atoms with Crippen molar-refractivity contribution >= 4 is 12.0 Å². The second-order valence-corrected chi connectivity index (χ2v) is 6.71. The minimum Gasteiger partial charge on any atom is -0.448 e. The number of rotatable bonds is 18. The number of carbonyl (C=O) groups is 2. The molecule has 28 heavy (non-hydrogen) atoms. The molecule has 0 bridgehead atoms. The number of nitrogens with one attached hydrogen (secondary N) is 3. The first-order chi connectivity index (χ1) is 13.5. The Morgan fingerprint density at radius 3 is 2.29 bits per heavy atom. The van der Waals surface area contributed by atoms with Crippen LogP contribution in [-0.2, 0) is 19.0 Å². The summed E-state index contributed by atoms with van der Waals surface area (Å²) in [6.07, 6.45) is -0.406. The largest absolute Gasteiger partial charge is 0.448 e. The summed E-state index contributed by atoms with van der Waals surface area (Å²) < 4.78 is 15.7. The number of amides is 2. The Balaban J connectivity index is 3.37. The van der Waals surface area contributed by atoms with Crippen molar-refractivity contribution in [2.45, 2.75) is 27.7 Å². The van der Waals surface area contributed by atoms with E-state index in [9.17, 15) is 9.59 Å². The SMILES string of the molecule is CCN(CC)CCNC(=O)OCCNCCNC(=O)COCCOCC(C)C. The zero-order chi connectivity index (χ0) is 21.0. The number of carbonyl (C=O) groups excluding carboxylic acids is 2. The predicted molar refractivity (Wildman–Crippen MR) is 109 cm³/mol. The topological polar surface area (TPSA) is 101 Å². The molecule has 2 amide bonds. The highest BCUT2D eigenvalue weighted by molar-refractivity contribution is 5.77.